The van der Waals surface area contributed by atoms with Crippen LogP contribution in [0.15, 0.2) is 12.1 Å². The van der Waals surface area contributed by atoms with Crippen LogP contribution in [0.3, 0.4) is 0 Å². The molecule has 140 valence electrons. The van der Waals surface area contributed by atoms with Gasteiger partial charge in [0.25, 0.3) is 11.6 Å². The lowest BCUT2D eigenvalue weighted by Crippen LogP contribution is -2.32. The van der Waals surface area contributed by atoms with Gasteiger partial charge in [0, 0.05) is 19.7 Å². The van der Waals surface area contributed by atoms with Crippen molar-refractivity contribution < 1.29 is 28.7 Å². The third-order valence-corrected chi connectivity index (χ3v) is 3.31. The van der Waals surface area contributed by atoms with Gasteiger partial charge in [-0.25, -0.2) is 4.79 Å². The molecular formula is C16H19N3O7. The summed E-state index contributed by atoms with van der Waals surface area (Å²) >= 11 is 0. The van der Waals surface area contributed by atoms with E-state index in [0.29, 0.717) is 0 Å². The van der Waals surface area contributed by atoms with E-state index in [-0.39, 0.29) is 36.6 Å². The molecule has 0 heterocycles. The number of nitro benzene ring substituents is 1. The second kappa shape index (κ2) is 9.83. The minimum Gasteiger partial charge on any atom is -0.493 e. The molecule has 0 unspecified atom stereocenters. The topological polar surface area (TPSA) is 132 Å². The Hall–Kier alpha value is -3.35. The minimum atomic E-state index is -1.04. The number of likely N-dealkylation sites (N-methyl/N-ethyl adjacent to an activating group) is 1. The fraction of sp³-hybridized carbons (Fsp3) is 0.438. The van der Waals surface area contributed by atoms with Crippen LogP contribution in [0.1, 0.15) is 23.7 Å². The van der Waals surface area contributed by atoms with E-state index in [2.05, 4.69) is 0 Å². The molecule has 0 atom stereocenters. The highest BCUT2D eigenvalue weighted by atomic mass is 16.6. The van der Waals surface area contributed by atoms with E-state index in [1.54, 1.807) is 6.92 Å². The van der Waals surface area contributed by atoms with Crippen LogP contribution in [0.4, 0.5) is 5.69 Å². The van der Waals surface area contributed by atoms with Gasteiger partial charge in [-0.05, 0) is 6.92 Å². The molecule has 1 amide bonds. The summed E-state index contributed by atoms with van der Waals surface area (Å²) in [5.74, 6) is -1.33. The molecule has 0 spiro atoms. The first-order valence-corrected chi connectivity index (χ1v) is 7.62. The Balaban J connectivity index is 2.99. The van der Waals surface area contributed by atoms with Crippen molar-refractivity contribution in [1.29, 1.82) is 5.26 Å². The first kappa shape index (κ1) is 20.7. The van der Waals surface area contributed by atoms with E-state index in [4.69, 9.17) is 19.5 Å². The van der Waals surface area contributed by atoms with Crippen molar-refractivity contribution in [2.24, 2.45) is 0 Å². The Morgan fingerprint density at radius 3 is 2.58 bits per heavy atom. The molecule has 0 saturated carbocycles. The number of nitro groups is 1. The Morgan fingerprint density at radius 1 is 1.35 bits per heavy atom. The number of rotatable bonds is 9. The zero-order chi connectivity index (χ0) is 19.7. The monoisotopic (exact) mass is 365 g/mol. The largest absolute Gasteiger partial charge is 0.493 e. The fourth-order valence-electron chi connectivity index (χ4n) is 1.95. The summed E-state index contributed by atoms with van der Waals surface area (Å²) in [6.45, 7) is 1.53. The molecule has 10 heteroatoms. The first-order valence-electron chi connectivity index (χ1n) is 7.62. The maximum Gasteiger partial charge on any atom is 0.345 e. The Bertz CT molecular complexity index is 727. The summed E-state index contributed by atoms with van der Waals surface area (Å²) in [5.41, 5.74) is -0.882. The molecular weight excluding hydrogens is 346 g/mol. The molecule has 0 N–H and O–H groups in total. The summed E-state index contributed by atoms with van der Waals surface area (Å²) in [4.78, 5) is 35.7. The lowest BCUT2D eigenvalue weighted by molar-refractivity contribution is -0.385. The number of methoxy groups -OCH3 is 1. The van der Waals surface area contributed by atoms with Crippen LogP contribution in [-0.2, 0) is 9.53 Å². The smallest absolute Gasteiger partial charge is 0.345 e. The summed E-state index contributed by atoms with van der Waals surface area (Å²) in [6, 6.07) is 4.09. The van der Waals surface area contributed by atoms with Crippen molar-refractivity contribution in [3.63, 3.8) is 0 Å². The normalized spacial score (nSPS) is 9.77. The number of nitriles is 1. The van der Waals surface area contributed by atoms with Crippen LogP contribution < -0.4 is 9.47 Å². The van der Waals surface area contributed by atoms with Gasteiger partial charge < -0.3 is 19.1 Å². The van der Waals surface area contributed by atoms with Gasteiger partial charge in [0.15, 0.2) is 18.1 Å². The van der Waals surface area contributed by atoms with Gasteiger partial charge in [-0.3, -0.25) is 14.9 Å². The molecule has 0 aliphatic carbocycles. The molecule has 0 aromatic heterocycles. The number of hydrogen-bond acceptors (Lipinski definition) is 8. The second-order valence-corrected chi connectivity index (χ2v) is 5.01. The Kier molecular flexibility index (Phi) is 7.82. The molecule has 0 bridgehead atoms. The van der Waals surface area contributed by atoms with Crippen LogP contribution in [0.2, 0.25) is 0 Å². The first-order chi connectivity index (χ1) is 12.3. The number of hydrogen-bond donors (Lipinski definition) is 0. The van der Waals surface area contributed by atoms with E-state index in [9.17, 15) is 19.7 Å². The van der Waals surface area contributed by atoms with Gasteiger partial charge in [0.1, 0.15) is 5.56 Å². The lowest BCUT2D eigenvalue weighted by Gasteiger charge is -2.15. The van der Waals surface area contributed by atoms with Crippen molar-refractivity contribution in [1.82, 2.24) is 4.90 Å². The third kappa shape index (κ3) is 5.34. The number of amides is 1. The van der Waals surface area contributed by atoms with Gasteiger partial charge in [0.2, 0.25) is 0 Å². The molecule has 1 aromatic carbocycles. The van der Waals surface area contributed by atoms with E-state index >= 15 is 0 Å². The van der Waals surface area contributed by atoms with Gasteiger partial charge in [0.05, 0.1) is 37.2 Å². The SMILES string of the molecule is CCOc1cc([N+](=O)[O-])c(C(=O)OCC(=O)N(C)CCC#N)cc1OC. The van der Waals surface area contributed by atoms with Crippen molar-refractivity contribution >= 4 is 17.6 Å². The summed E-state index contributed by atoms with van der Waals surface area (Å²) < 4.78 is 15.2. The average molecular weight is 365 g/mol. The number of ether oxygens (including phenoxy) is 3. The summed E-state index contributed by atoms with van der Waals surface area (Å²) in [6.07, 6.45) is 0.137. The highest BCUT2D eigenvalue weighted by Crippen LogP contribution is 2.35. The van der Waals surface area contributed by atoms with E-state index < -0.39 is 29.1 Å². The lowest BCUT2D eigenvalue weighted by atomic mass is 10.1. The van der Waals surface area contributed by atoms with Crippen LogP contribution in [0, 0.1) is 21.4 Å². The van der Waals surface area contributed by atoms with Crippen LogP contribution >= 0.6 is 0 Å². The highest BCUT2D eigenvalue weighted by molar-refractivity contribution is 5.96. The zero-order valence-corrected chi connectivity index (χ0v) is 14.7. The Labute approximate surface area is 150 Å². The van der Waals surface area contributed by atoms with E-state index in [1.165, 1.54) is 19.1 Å². The number of esters is 1. The Morgan fingerprint density at radius 2 is 2.04 bits per heavy atom. The number of benzene rings is 1. The third-order valence-electron chi connectivity index (χ3n) is 3.31. The highest BCUT2D eigenvalue weighted by Gasteiger charge is 2.26. The van der Waals surface area contributed by atoms with Gasteiger partial charge in [-0.15, -0.1) is 0 Å². The molecule has 1 aromatic rings. The molecule has 0 aliphatic heterocycles. The van der Waals surface area contributed by atoms with Crippen LogP contribution in [0.25, 0.3) is 0 Å². The van der Waals surface area contributed by atoms with Crippen molar-refractivity contribution in [3.8, 4) is 17.6 Å². The molecule has 26 heavy (non-hydrogen) atoms. The molecule has 1 rings (SSSR count). The predicted molar refractivity (Wildman–Crippen MR) is 89.0 cm³/mol. The molecule has 0 saturated heterocycles. The van der Waals surface area contributed by atoms with Gasteiger partial charge in [-0.2, -0.15) is 5.26 Å². The zero-order valence-electron chi connectivity index (χ0n) is 14.7. The van der Waals surface area contributed by atoms with Crippen LogP contribution in [-0.4, -0.2) is 55.6 Å². The number of nitrogens with zero attached hydrogens (tertiary/aromatic N) is 3. The number of carbonyl (C=O) groups is 2. The molecule has 0 fully saturated rings. The predicted octanol–water partition coefficient (Wildman–Crippen LogP) is 1.53. The van der Waals surface area contributed by atoms with Crippen molar-refractivity contribution in [2.45, 2.75) is 13.3 Å². The average Bonchev–Trinajstić information content (AvgIpc) is 2.63. The van der Waals surface area contributed by atoms with Crippen molar-refractivity contribution in [3.05, 3.63) is 27.8 Å². The van der Waals surface area contributed by atoms with Gasteiger partial charge in [-0.1, -0.05) is 0 Å². The van der Waals surface area contributed by atoms with E-state index in [0.717, 1.165) is 12.1 Å². The quantitative estimate of drug-likeness (QED) is 0.365. The molecule has 0 aliphatic rings. The van der Waals surface area contributed by atoms with E-state index in [1.807, 2.05) is 6.07 Å². The second-order valence-electron chi connectivity index (χ2n) is 5.01. The molecule has 0 radical (unpaired) electrons. The number of carbonyl (C=O) groups excluding carboxylic acids is 2. The summed E-state index contributed by atoms with van der Waals surface area (Å²) in [7, 11) is 2.78. The minimum absolute atomic E-state index is 0.116. The maximum atomic E-state index is 12.2. The van der Waals surface area contributed by atoms with Crippen molar-refractivity contribution in [2.75, 3.05) is 33.9 Å². The molecule has 10 nitrogen and oxygen atoms in total. The standard InChI is InChI=1S/C16H19N3O7/c1-4-25-14-9-12(19(22)23)11(8-13(14)24-3)16(21)26-10-15(20)18(2)7-5-6-17/h8-9H,4-5,7,10H2,1-3H3. The summed E-state index contributed by atoms with van der Waals surface area (Å²) in [5, 5.41) is 19.7. The maximum absolute atomic E-state index is 12.2. The fourth-order valence-corrected chi connectivity index (χ4v) is 1.95. The van der Waals surface area contributed by atoms with Gasteiger partial charge >= 0.3 is 5.97 Å². The van der Waals surface area contributed by atoms with Crippen LogP contribution in [0.5, 0.6) is 11.5 Å².